The Bertz CT molecular complexity index is 1520. The van der Waals surface area contributed by atoms with E-state index < -0.39 is 34.7 Å². The third kappa shape index (κ3) is 4.85. The van der Waals surface area contributed by atoms with Gasteiger partial charge in [-0.25, -0.2) is 0 Å². The largest absolute Gasteiger partial charge is 0.452 e. The molecule has 4 saturated carbocycles. The van der Waals surface area contributed by atoms with E-state index in [2.05, 4.69) is 63.8 Å². The summed E-state index contributed by atoms with van der Waals surface area (Å²) in [7, 11) is 0. The van der Waals surface area contributed by atoms with Crippen LogP contribution in [0.2, 0.25) is 0 Å². The lowest BCUT2D eigenvalue weighted by atomic mass is 9.40. The molecule has 268 valence electrons. The number of hydrogen-bond donors (Lipinski definition) is 1. The molecule has 5 heteroatoms. The van der Waals surface area contributed by atoms with Gasteiger partial charge in [-0.15, -0.1) is 6.58 Å². The number of esters is 1. The van der Waals surface area contributed by atoms with Crippen LogP contribution in [0.3, 0.4) is 0 Å². The number of aliphatic hydroxyl groups is 1. The van der Waals surface area contributed by atoms with Crippen LogP contribution in [0, 0.1) is 57.7 Å². The van der Waals surface area contributed by atoms with Gasteiger partial charge in [0.15, 0.2) is 12.4 Å². The molecular weight excluding hydrogens is 620 g/mol. The number of aliphatic hydroxyl groups excluding tert-OH is 1. The molecule has 1 heterocycles. The fourth-order valence-electron chi connectivity index (χ4n) is 13.0. The van der Waals surface area contributed by atoms with Crippen molar-refractivity contribution in [2.45, 2.75) is 103 Å². The number of rotatable bonds is 11. The van der Waals surface area contributed by atoms with Crippen molar-refractivity contribution in [1.29, 1.82) is 0 Å². The second-order valence-corrected chi connectivity index (χ2v) is 17.2. The topological polar surface area (TPSA) is 65.0 Å². The molecule has 2 aromatic carbocycles. The number of benzene rings is 2. The summed E-state index contributed by atoms with van der Waals surface area (Å²) in [5.74, 6) is 1.83. The summed E-state index contributed by atoms with van der Waals surface area (Å²) in [6.07, 6.45) is 13.4. The molecule has 6 unspecified atom stereocenters. The van der Waals surface area contributed by atoms with E-state index in [1.807, 2.05) is 36.4 Å². The highest BCUT2D eigenvalue weighted by Gasteiger charge is 2.88. The maximum atomic E-state index is 16.2. The Labute approximate surface area is 299 Å². The summed E-state index contributed by atoms with van der Waals surface area (Å²) in [5, 5.41) is 13.2. The van der Waals surface area contributed by atoms with E-state index >= 15 is 4.79 Å². The van der Waals surface area contributed by atoms with Crippen LogP contribution in [0.5, 0.6) is 0 Å². The quantitative estimate of drug-likeness (QED) is 0.190. The highest BCUT2D eigenvalue weighted by molar-refractivity contribution is 5.87. The van der Waals surface area contributed by atoms with Crippen LogP contribution in [-0.4, -0.2) is 36.7 Å². The SMILES string of the molecule is C=CC(CC(O)C12C[C@@H]3[C@H](C)CC[C@H]3C3(C4OCCO4)CC1C=C(C(C)C)C23C(=O)OC(c1ccccc1)c1ccccc1)C1CCCCC1. The Kier molecular flexibility index (Phi) is 9.18. The molecule has 6 aliphatic rings. The van der Waals surface area contributed by atoms with E-state index in [1.165, 1.54) is 32.1 Å². The Morgan fingerprint density at radius 3 is 2.18 bits per heavy atom. The zero-order chi connectivity index (χ0) is 34.7. The number of allylic oxidation sites excluding steroid dienone is 2. The maximum Gasteiger partial charge on any atom is 0.318 e. The van der Waals surface area contributed by atoms with Gasteiger partial charge in [0, 0.05) is 10.8 Å². The summed E-state index contributed by atoms with van der Waals surface area (Å²) >= 11 is 0. The zero-order valence-electron chi connectivity index (χ0n) is 30.5. The summed E-state index contributed by atoms with van der Waals surface area (Å²) in [5.41, 5.74) is 0.614. The predicted molar refractivity (Wildman–Crippen MR) is 196 cm³/mol. The first-order chi connectivity index (χ1) is 24.3. The predicted octanol–water partition coefficient (Wildman–Crippen LogP) is 9.47. The van der Waals surface area contributed by atoms with Crippen molar-refractivity contribution >= 4 is 5.97 Å². The van der Waals surface area contributed by atoms with Crippen molar-refractivity contribution in [3.05, 3.63) is 96.1 Å². The molecule has 1 aliphatic heterocycles. The second-order valence-electron chi connectivity index (χ2n) is 17.2. The van der Waals surface area contributed by atoms with Crippen molar-refractivity contribution in [3.8, 4) is 0 Å². The minimum Gasteiger partial charge on any atom is -0.452 e. The Hall–Kier alpha value is -2.73. The van der Waals surface area contributed by atoms with E-state index in [0.717, 1.165) is 42.4 Å². The molecule has 1 N–H and O–H groups in total. The van der Waals surface area contributed by atoms with Crippen LogP contribution in [0.1, 0.15) is 102 Å². The molecule has 0 amide bonds. The monoisotopic (exact) mass is 678 g/mol. The Morgan fingerprint density at radius 1 is 0.940 bits per heavy atom. The lowest BCUT2D eigenvalue weighted by molar-refractivity contribution is -0.255. The van der Waals surface area contributed by atoms with Gasteiger partial charge in [-0.2, -0.15) is 0 Å². The molecule has 0 aromatic heterocycles. The Balaban J connectivity index is 1.32. The van der Waals surface area contributed by atoms with Gasteiger partial charge in [0.1, 0.15) is 5.41 Å². The molecule has 4 bridgehead atoms. The average Bonchev–Trinajstić information content (AvgIpc) is 3.92. The van der Waals surface area contributed by atoms with Crippen LogP contribution in [0.4, 0.5) is 0 Å². The molecule has 5 fully saturated rings. The number of carbonyl (C=O) groups excluding carboxylic acids is 1. The van der Waals surface area contributed by atoms with Gasteiger partial charge in [0.25, 0.3) is 0 Å². The van der Waals surface area contributed by atoms with Gasteiger partial charge < -0.3 is 19.3 Å². The summed E-state index contributed by atoms with van der Waals surface area (Å²) in [6, 6.07) is 20.3. The van der Waals surface area contributed by atoms with Gasteiger partial charge >= 0.3 is 5.97 Å². The maximum absolute atomic E-state index is 16.2. The van der Waals surface area contributed by atoms with E-state index in [9.17, 15) is 5.11 Å². The molecule has 1 saturated heterocycles. The first-order valence-electron chi connectivity index (χ1n) is 19.9. The summed E-state index contributed by atoms with van der Waals surface area (Å²) in [6.45, 7) is 12.3. The van der Waals surface area contributed by atoms with Crippen molar-refractivity contribution < 1.29 is 24.1 Å². The van der Waals surface area contributed by atoms with Crippen molar-refractivity contribution in [1.82, 2.24) is 0 Å². The second kappa shape index (κ2) is 13.4. The van der Waals surface area contributed by atoms with Crippen LogP contribution < -0.4 is 0 Å². The summed E-state index contributed by atoms with van der Waals surface area (Å²) in [4.78, 5) is 16.2. The number of hydrogen-bond acceptors (Lipinski definition) is 5. The van der Waals surface area contributed by atoms with Crippen LogP contribution in [0.25, 0.3) is 0 Å². The molecule has 9 atom stereocenters. The van der Waals surface area contributed by atoms with Crippen LogP contribution >= 0.6 is 0 Å². The standard InChI is InChI=1S/C45H58O5/c1-5-31(32-15-9-6-10-16-32)25-39(46)43-28-36-30(4)21-22-37(36)44(42-48-23-24-49-42)27-35(43)26-38(29(2)3)45(43,44)41(47)50-40(33-17-11-7-12-18-33)34-19-13-8-14-20-34/h5,7-8,11-14,17-20,26,29-32,35-37,39-40,42,46H,1,6,9-10,15-16,21-25,27-28H2,2-4H3/t30-,31?,35?,36-,37-,39?,43?,44?,45?/m1/s1. The average molecular weight is 679 g/mol. The molecular formula is C45H58O5. The lowest BCUT2D eigenvalue weighted by Crippen LogP contribution is -2.68. The van der Waals surface area contributed by atoms with Gasteiger partial charge in [-0.05, 0) is 91.1 Å². The van der Waals surface area contributed by atoms with Crippen molar-refractivity contribution in [2.75, 3.05) is 13.2 Å². The molecule has 2 aromatic rings. The van der Waals surface area contributed by atoms with E-state index in [4.69, 9.17) is 14.2 Å². The smallest absolute Gasteiger partial charge is 0.318 e. The van der Waals surface area contributed by atoms with Gasteiger partial charge in [0.2, 0.25) is 0 Å². The van der Waals surface area contributed by atoms with Crippen LogP contribution in [-0.2, 0) is 19.0 Å². The fraction of sp³-hybridized carbons (Fsp3) is 0.622. The first kappa shape index (κ1) is 34.4. The van der Waals surface area contributed by atoms with Gasteiger partial charge in [-0.1, -0.05) is 125 Å². The fourth-order valence-corrected chi connectivity index (χ4v) is 13.0. The lowest BCUT2D eigenvalue weighted by Gasteiger charge is -2.63. The molecule has 0 radical (unpaired) electrons. The minimum atomic E-state index is -1.08. The Morgan fingerprint density at radius 2 is 1.58 bits per heavy atom. The molecule has 5 nitrogen and oxygen atoms in total. The zero-order valence-corrected chi connectivity index (χ0v) is 30.5. The van der Waals surface area contributed by atoms with Gasteiger partial charge in [-0.3, -0.25) is 4.79 Å². The normalized spacial score (nSPS) is 36.4. The number of ether oxygens (including phenoxy) is 3. The van der Waals surface area contributed by atoms with Crippen molar-refractivity contribution in [2.24, 2.45) is 57.7 Å². The number of fused-ring (bicyclic) bond motifs is 2. The first-order valence-corrected chi connectivity index (χ1v) is 19.9. The summed E-state index contributed by atoms with van der Waals surface area (Å²) < 4.78 is 20.4. The third-order valence-corrected chi connectivity index (χ3v) is 14.9. The van der Waals surface area contributed by atoms with Crippen LogP contribution in [0.15, 0.2) is 85.0 Å². The number of carbonyl (C=O) groups is 1. The highest BCUT2D eigenvalue weighted by Crippen LogP contribution is 2.85. The molecule has 0 spiro atoms. The molecule has 5 aliphatic carbocycles. The van der Waals surface area contributed by atoms with E-state index in [1.54, 1.807) is 0 Å². The minimum absolute atomic E-state index is 0.0387. The van der Waals surface area contributed by atoms with Crippen molar-refractivity contribution in [3.63, 3.8) is 0 Å². The van der Waals surface area contributed by atoms with E-state index in [0.29, 0.717) is 37.4 Å². The highest BCUT2D eigenvalue weighted by atomic mass is 16.7. The molecule has 50 heavy (non-hydrogen) atoms. The third-order valence-electron chi connectivity index (χ3n) is 14.9. The molecule has 8 rings (SSSR count). The van der Waals surface area contributed by atoms with E-state index in [-0.39, 0.29) is 29.6 Å². The van der Waals surface area contributed by atoms with Gasteiger partial charge in [0.05, 0.1) is 19.3 Å².